The maximum Gasteiger partial charge on any atom is 0.213 e. The molecule has 0 N–H and O–H groups in total. The Hall–Kier alpha value is -1.38. The lowest BCUT2D eigenvalue weighted by molar-refractivity contribution is -0.118. The lowest BCUT2D eigenvalue weighted by Crippen LogP contribution is -2.09. The fraction of sp³-hybridized carbons (Fsp3) is 0.455. The fourth-order valence-corrected chi connectivity index (χ4v) is 1.44. The van der Waals surface area contributed by atoms with Crippen molar-refractivity contribution >= 4 is 5.78 Å². The summed E-state index contributed by atoms with van der Waals surface area (Å²) in [6.45, 7) is 3.57. The second-order valence-electron chi connectivity index (χ2n) is 3.18. The fourth-order valence-electron chi connectivity index (χ4n) is 1.44. The number of pyridine rings is 1. The second-order valence-corrected chi connectivity index (χ2v) is 3.18. The van der Waals surface area contributed by atoms with E-state index in [-0.39, 0.29) is 11.7 Å². The first-order chi connectivity index (χ1) is 6.69. The third-order valence-corrected chi connectivity index (χ3v) is 2.21. The quantitative estimate of drug-likeness (QED) is 0.735. The number of methoxy groups -OCH3 is 1. The summed E-state index contributed by atoms with van der Waals surface area (Å²) in [5, 5.41) is 0. The summed E-state index contributed by atoms with van der Waals surface area (Å²) in [6.07, 6.45) is 0.773. The maximum atomic E-state index is 11.3. The first-order valence-corrected chi connectivity index (χ1v) is 4.70. The minimum atomic E-state index is -0.106. The third-order valence-electron chi connectivity index (χ3n) is 2.21. The molecule has 0 saturated carbocycles. The number of rotatable bonds is 4. The molecule has 1 aromatic heterocycles. The molecular formula is C11H15NO2. The van der Waals surface area contributed by atoms with Crippen LogP contribution in [0.4, 0.5) is 0 Å². The highest BCUT2D eigenvalue weighted by molar-refractivity contribution is 5.82. The molecular weight excluding hydrogens is 178 g/mol. The largest absolute Gasteiger partial charge is 0.481 e. The molecule has 1 rings (SSSR count). The van der Waals surface area contributed by atoms with Crippen molar-refractivity contribution < 1.29 is 9.53 Å². The van der Waals surface area contributed by atoms with Crippen LogP contribution in [0, 0.1) is 0 Å². The van der Waals surface area contributed by atoms with Gasteiger partial charge in [0.25, 0.3) is 0 Å². The Morgan fingerprint density at radius 2 is 2.29 bits per heavy atom. The number of hydrogen-bond acceptors (Lipinski definition) is 3. The van der Waals surface area contributed by atoms with E-state index in [2.05, 4.69) is 4.98 Å². The number of aromatic nitrogens is 1. The Morgan fingerprint density at radius 3 is 2.79 bits per heavy atom. The summed E-state index contributed by atoms with van der Waals surface area (Å²) in [5.41, 5.74) is 0.791. The predicted octanol–water partition coefficient (Wildman–Crippen LogP) is 2.17. The van der Waals surface area contributed by atoms with Crippen molar-refractivity contribution in [2.24, 2.45) is 0 Å². The molecule has 1 atom stereocenters. The Balaban J connectivity index is 2.98. The molecule has 0 aromatic carbocycles. The van der Waals surface area contributed by atoms with Gasteiger partial charge in [-0.1, -0.05) is 13.0 Å². The standard InChI is InChI=1S/C11H15NO2/c1-4-9(8(2)13)10-6-5-7-11(12-10)14-3/h5-7,9H,4H2,1-3H3. The minimum absolute atomic E-state index is 0.106. The first-order valence-electron chi connectivity index (χ1n) is 4.70. The highest BCUT2D eigenvalue weighted by Gasteiger charge is 2.15. The molecule has 0 saturated heterocycles. The zero-order valence-corrected chi connectivity index (χ0v) is 8.78. The van der Waals surface area contributed by atoms with E-state index in [1.54, 1.807) is 20.1 Å². The van der Waals surface area contributed by atoms with Crippen molar-refractivity contribution in [3.8, 4) is 5.88 Å². The van der Waals surface area contributed by atoms with Crippen LogP contribution in [0.5, 0.6) is 5.88 Å². The lowest BCUT2D eigenvalue weighted by Gasteiger charge is -2.10. The van der Waals surface area contributed by atoms with Gasteiger partial charge in [-0.05, 0) is 19.4 Å². The van der Waals surface area contributed by atoms with Crippen molar-refractivity contribution in [1.82, 2.24) is 4.98 Å². The monoisotopic (exact) mass is 193 g/mol. The number of ether oxygens (including phenoxy) is 1. The normalized spacial score (nSPS) is 12.2. The van der Waals surface area contributed by atoms with Gasteiger partial charge in [-0.2, -0.15) is 0 Å². The zero-order valence-electron chi connectivity index (χ0n) is 8.78. The van der Waals surface area contributed by atoms with Crippen LogP contribution in [0.15, 0.2) is 18.2 Å². The Labute approximate surface area is 84.1 Å². The van der Waals surface area contributed by atoms with Crippen LogP contribution < -0.4 is 4.74 Å². The number of carbonyl (C=O) groups excluding carboxylic acids is 1. The molecule has 0 spiro atoms. The molecule has 76 valence electrons. The summed E-state index contributed by atoms with van der Waals surface area (Å²) < 4.78 is 5.01. The van der Waals surface area contributed by atoms with Crippen LogP contribution in [0.2, 0.25) is 0 Å². The molecule has 0 bridgehead atoms. The molecule has 0 aliphatic rings. The van der Waals surface area contributed by atoms with Crippen LogP contribution in [0.25, 0.3) is 0 Å². The zero-order chi connectivity index (χ0) is 10.6. The highest BCUT2D eigenvalue weighted by Crippen LogP contribution is 2.20. The SMILES string of the molecule is CCC(C(C)=O)c1cccc(OC)n1. The number of hydrogen-bond donors (Lipinski definition) is 0. The van der Waals surface area contributed by atoms with Crippen LogP contribution in [0.1, 0.15) is 31.9 Å². The van der Waals surface area contributed by atoms with E-state index in [1.165, 1.54) is 0 Å². The van der Waals surface area contributed by atoms with E-state index in [0.29, 0.717) is 5.88 Å². The van der Waals surface area contributed by atoms with Gasteiger partial charge in [-0.3, -0.25) is 4.79 Å². The van der Waals surface area contributed by atoms with Gasteiger partial charge in [-0.25, -0.2) is 4.98 Å². The average Bonchev–Trinajstić information content (AvgIpc) is 2.19. The lowest BCUT2D eigenvalue weighted by atomic mass is 9.98. The van der Waals surface area contributed by atoms with E-state index in [1.807, 2.05) is 19.1 Å². The first kappa shape index (κ1) is 10.7. The molecule has 3 heteroatoms. The summed E-state index contributed by atoms with van der Waals surface area (Å²) in [4.78, 5) is 15.5. The smallest absolute Gasteiger partial charge is 0.213 e. The van der Waals surface area contributed by atoms with E-state index < -0.39 is 0 Å². The molecule has 1 aromatic rings. The second kappa shape index (κ2) is 4.74. The molecule has 0 fully saturated rings. The molecule has 1 heterocycles. The number of nitrogens with zero attached hydrogens (tertiary/aromatic N) is 1. The molecule has 0 aliphatic heterocycles. The Bertz CT molecular complexity index is 323. The molecule has 0 aliphatic carbocycles. The van der Waals surface area contributed by atoms with Gasteiger partial charge in [-0.15, -0.1) is 0 Å². The molecule has 14 heavy (non-hydrogen) atoms. The van der Waals surface area contributed by atoms with Crippen molar-refractivity contribution in [3.63, 3.8) is 0 Å². The van der Waals surface area contributed by atoms with Gasteiger partial charge in [0.2, 0.25) is 5.88 Å². The van der Waals surface area contributed by atoms with E-state index in [9.17, 15) is 4.79 Å². The molecule has 3 nitrogen and oxygen atoms in total. The van der Waals surface area contributed by atoms with E-state index >= 15 is 0 Å². The molecule has 0 amide bonds. The Kier molecular flexibility index (Phi) is 3.63. The van der Waals surface area contributed by atoms with Crippen LogP contribution in [0.3, 0.4) is 0 Å². The van der Waals surface area contributed by atoms with Crippen LogP contribution in [-0.4, -0.2) is 17.9 Å². The summed E-state index contributed by atoms with van der Waals surface area (Å²) >= 11 is 0. The van der Waals surface area contributed by atoms with Crippen molar-refractivity contribution in [2.45, 2.75) is 26.2 Å². The predicted molar refractivity (Wildman–Crippen MR) is 54.5 cm³/mol. The van der Waals surface area contributed by atoms with Crippen molar-refractivity contribution in [1.29, 1.82) is 0 Å². The molecule has 0 radical (unpaired) electrons. The number of ketones is 1. The minimum Gasteiger partial charge on any atom is -0.481 e. The van der Waals surface area contributed by atoms with Crippen LogP contribution >= 0.6 is 0 Å². The van der Waals surface area contributed by atoms with E-state index in [0.717, 1.165) is 12.1 Å². The third kappa shape index (κ3) is 2.31. The highest BCUT2D eigenvalue weighted by atomic mass is 16.5. The summed E-state index contributed by atoms with van der Waals surface area (Å²) in [6, 6.07) is 5.49. The number of Topliss-reactive ketones (excluding diaryl/α,β-unsaturated/α-hetero) is 1. The summed E-state index contributed by atoms with van der Waals surface area (Å²) in [5.74, 6) is 0.598. The van der Waals surface area contributed by atoms with Gasteiger partial charge in [0, 0.05) is 6.07 Å². The van der Waals surface area contributed by atoms with Gasteiger partial charge in [0.1, 0.15) is 5.78 Å². The van der Waals surface area contributed by atoms with Crippen molar-refractivity contribution in [2.75, 3.05) is 7.11 Å². The van der Waals surface area contributed by atoms with Gasteiger partial charge >= 0.3 is 0 Å². The van der Waals surface area contributed by atoms with E-state index in [4.69, 9.17) is 4.74 Å². The topological polar surface area (TPSA) is 39.2 Å². The summed E-state index contributed by atoms with van der Waals surface area (Å²) in [7, 11) is 1.57. The Morgan fingerprint density at radius 1 is 1.57 bits per heavy atom. The van der Waals surface area contributed by atoms with Crippen molar-refractivity contribution in [3.05, 3.63) is 23.9 Å². The number of carbonyl (C=O) groups is 1. The maximum absolute atomic E-state index is 11.3. The van der Waals surface area contributed by atoms with Crippen LogP contribution in [-0.2, 0) is 4.79 Å². The molecule has 1 unspecified atom stereocenters. The average molecular weight is 193 g/mol. The van der Waals surface area contributed by atoms with Gasteiger partial charge in [0.15, 0.2) is 0 Å². The van der Waals surface area contributed by atoms with Gasteiger partial charge in [0.05, 0.1) is 18.7 Å². The van der Waals surface area contributed by atoms with Gasteiger partial charge < -0.3 is 4.74 Å².